The topological polar surface area (TPSA) is 43.4 Å². The average molecular weight is 352 g/mol. The fraction of sp³-hybridized carbons (Fsp3) is 0.0769. The Morgan fingerprint density at radius 2 is 1.80 bits per heavy atom. The highest BCUT2D eigenvalue weighted by molar-refractivity contribution is 8.14. The van der Waals surface area contributed by atoms with E-state index in [1.165, 1.54) is 17.7 Å². The van der Waals surface area contributed by atoms with E-state index in [1.807, 2.05) is 0 Å². The summed E-state index contributed by atoms with van der Waals surface area (Å²) < 4.78 is 28.6. The third-order valence-electron chi connectivity index (χ3n) is 2.59. The predicted octanol–water partition coefficient (Wildman–Crippen LogP) is 4.47. The molecular weight excluding hydrogens is 343 g/mol. The first-order valence-electron chi connectivity index (χ1n) is 5.47. The normalized spacial score (nSPS) is 12.7. The van der Waals surface area contributed by atoms with Crippen LogP contribution in [-0.4, -0.2) is 15.0 Å². The number of rotatable bonds is 4. The van der Waals surface area contributed by atoms with E-state index in [0.717, 1.165) is 0 Å². The molecule has 2 aromatic rings. The summed E-state index contributed by atoms with van der Waals surface area (Å²) in [5.74, 6) is 0.501. The van der Waals surface area contributed by atoms with Crippen molar-refractivity contribution < 1.29 is 13.2 Å². The second-order valence-electron chi connectivity index (χ2n) is 3.89. The SMILES string of the molecule is O=S(=O)(Cl)c1ccc(OC/C(Cl)=C\Cl)c2ccccc12. The standard InChI is InChI=1S/C13H9Cl3O3S/c14-7-9(15)8-19-12-5-6-13(20(16,17)18)11-4-2-1-3-10(11)12/h1-7H,8H2/b9-7+. The number of hydrogen-bond donors (Lipinski definition) is 0. The molecule has 7 heteroatoms. The van der Waals surface area contributed by atoms with Gasteiger partial charge in [0, 0.05) is 27.0 Å². The van der Waals surface area contributed by atoms with E-state index in [1.54, 1.807) is 24.3 Å². The smallest absolute Gasteiger partial charge is 0.261 e. The zero-order valence-electron chi connectivity index (χ0n) is 10.0. The monoisotopic (exact) mass is 350 g/mol. The largest absolute Gasteiger partial charge is 0.487 e. The van der Waals surface area contributed by atoms with Crippen molar-refractivity contribution in [1.29, 1.82) is 0 Å². The first-order valence-corrected chi connectivity index (χ1v) is 8.60. The van der Waals surface area contributed by atoms with Crippen molar-refractivity contribution in [3.63, 3.8) is 0 Å². The van der Waals surface area contributed by atoms with E-state index in [2.05, 4.69) is 0 Å². The van der Waals surface area contributed by atoms with Crippen LogP contribution in [0, 0.1) is 0 Å². The van der Waals surface area contributed by atoms with Gasteiger partial charge in [0.2, 0.25) is 0 Å². The number of benzene rings is 2. The molecule has 0 unspecified atom stereocenters. The molecule has 106 valence electrons. The van der Waals surface area contributed by atoms with Gasteiger partial charge in [-0.1, -0.05) is 47.5 Å². The minimum atomic E-state index is -3.82. The van der Waals surface area contributed by atoms with Crippen LogP contribution in [0.15, 0.2) is 51.9 Å². The van der Waals surface area contributed by atoms with Crippen molar-refractivity contribution in [2.24, 2.45) is 0 Å². The Labute approximate surface area is 131 Å². The van der Waals surface area contributed by atoms with Gasteiger partial charge in [-0.3, -0.25) is 0 Å². The Bertz CT molecular complexity index is 770. The minimum Gasteiger partial charge on any atom is -0.487 e. The van der Waals surface area contributed by atoms with Crippen LogP contribution in [0.1, 0.15) is 0 Å². The second kappa shape index (κ2) is 6.22. The lowest BCUT2D eigenvalue weighted by molar-refractivity contribution is 0.363. The highest BCUT2D eigenvalue weighted by Crippen LogP contribution is 2.32. The average Bonchev–Trinajstić information content (AvgIpc) is 2.43. The Morgan fingerprint density at radius 3 is 2.40 bits per heavy atom. The van der Waals surface area contributed by atoms with Crippen molar-refractivity contribution in [2.75, 3.05) is 6.61 Å². The lowest BCUT2D eigenvalue weighted by atomic mass is 10.1. The molecule has 3 nitrogen and oxygen atoms in total. The molecule has 0 bridgehead atoms. The molecule has 0 aliphatic carbocycles. The molecule has 0 radical (unpaired) electrons. The molecule has 0 heterocycles. The quantitative estimate of drug-likeness (QED) is 0.764. The minimum absolute atomic E-state index is 0.0427. The maximum Gasteiger partial charge on any atom is 0.261 e. The van der Waals surface area contributed by atoms with Crippen molar-refractivity contribution in [3.8, 4) is 5.75 Å². The molecule has 0 aliphatic heterocycles. The van der Waals surface area contributed by atoms with Gasteiger partial charge >= 0.3 is 0 Å². The Kier molecular flexibility index (Phi) is 4.81. The molecule has 0 saturated heterocycles. The highest BCUT2D eigenvalue weighted by Gasteiger charge is 2.16. The number of halogens is 3. The Morgan fingerprint density at radius 1 is 1.15 bits per heavy atom. The maximum atomic E-state index is 11.5. The fourth-order valence-corrected chi connectivity index (χ4v) is 2.95. The molecule has 0 aliphatic rings. The third kappa shape index (κ3) is 3.38. The molecule has 0 amide bonds. The first-order chi connectivity index (χ1) is 9.43. The first kappa shape index (κ1) is 15.4. The van der Waals surface area contributed by atoms with Crippen LogP contribution in [0.4, 0.5) is 0 Å². The molecule has 2 rings (SSSR count). The van der Waals surface area contributed by atoms with Gasteiger partial charge in [-0.2, -0.15) is 0 Å². The van der Waals surface area contributed by atoms with E-state index in [9.17, 15) is 8.42 Å². The Hall–Kier alpha value is -0.940. The van der Waals surface area contributed by atoms with Crippen molar-refractivity contribution >= 4 is 53.7 Å². The van der Waals surface area contributed by atoms with Crippen LogP contribution < -0.4 is 4.74 Å². The zero-order valence-corrected chi connectivity index (χ0v) is 13.1. The summed E-state index contributed by atoms with van der Waals surface area (Å²) in [4.78, 5) is 0.0427. The second-order valence-corrected chi connectivity index (χ2v) is 7.13. The van der Waals surface area contributed by atoms with Crippen LogP contribution in [0.2, 0.25) is 0 Å². The van der Waals surface area contributed by atoms with Crippen molar-refractivity contribution in [3.05, 3.63) is 47.0 Å². The summed E-state index contributed by atoms with van der Waals surface area (Å²) in [7, 11) is 1.60. The third-order valence-corrected chi connectivity index (χ3v) is 4.56. The Balaban J connectivity index is 2.55. The maximum absolute atomic E-state index is 11.5. The molecule has 20 heavy (non-hydrogen) atoms. The molecule has 0 spiro atoms. The highest BCUT2D eigenvalue weighted by atomic mass is 35.7. The number of fused-ring (bicyclic) bond motifs is 1. The van der Waals surface area contributed by atoms with Gasteiger partial charge in [0.1, 0.15) is 12.4 Å². The van der Waals surface area contributed by atoms with Gasteiger partial charge in [-0.15, -0.1) is 0 Å². The summed E-state index contributed by atoms with van der Waals surface area (Å²) in [6.07, 6.45) is 0. The molecule has 0 aromatic heterocycles. The van der Waals surface area contributed by atoms with E-state index in [0.29, 0.717) is 21.6 Å². The summed E-state index contributed by atoms with van der Waals surface area (Å²) in [6, 6.07) is 9.85. The summed E-state index contributed by atoms with van der Waals surface area (Å²) >= 11 is 11.2. The molecule has 0 saturated carbocycles. The van der Waals surface area contributed by atoms with Crippen LogP contribution in [-0.2, 0) is 9.05 Å². The molecule has 0 atom stereocenters. The summed E-state index contributed by atoms with van der Waals surface area (Å²) in [5.41, 5.74) is 1.21. The number of hydrogen-bond acceptors (Lipinski definition) is 3. The lowest BCUT2D eigenvalue weighted by Gasteiger charge is -2.10. The van der Waals surface area contributed by atoms with Gasteiger partial charge in [0.05, 0.1) is 9.93 Å². The van der Waals surface area contributed by atoms with Gasteiger partial charge in [-0.25, -0.2) is 8.42 Å². The molecular formula is C13H9Cl3O3S. The molecule has 0 N–H and O–H groups in total. The lowest BCUT2D eigenvalue weighted by Crippen LogP contribution is -1.99. The van der Waals surface area contributed by atoms with E-state index < -0.39 is 9.05 Å². The van der Waals surface area contributed by atoms with Crippen molar-refractivity contribution in [1.82, 2.24) is 0 Å². The number of ether oxygens (including phenoxy) is 1. The van der Waals surface area contributed by atoms with Crippen LogP contribution in [0.3, 0.4) is 0 Å². The predicted molar refractivity (Wildman–Crippen MR) is 82.3 cm³/mol. The molecule has 2 aromatic carbocycles. The van der Waals surface area contributed by atoms with Gasteiger partial charge in [0.25, 0.3) is 9.05 Å². The fourth-order valence-electron chi connectivity index (χ4n) is 1.76. The van der Waals surface area contributed by atoms with Crippen LogP contribution >= 0.6 is 33.9 Å². The molecule has 0 fully saturated rings. The van der Waals surface area contributed by atoms with E-state index >= 15 is 0 Å². The van der Waals surface area contributed by atoms with E-state index in [-0.39, 0.29) is 11.5 Å². The van der Waals surface area contributed by atoms with Crippen molar-refractivity contribution in [2.45, 2.75) is 4.90 Å². The van der Waals surface area contributed by atoms with Gasteiger partial charge < -0.3 is 4.74 Å². The zero-order chi connectivity index (χ0) is 14.8. The van der Waals surface area contributed by atoms with Gasteiger partial charge in [-0.05, 0) is 12.1 Å². The summed E-state index contributed by atoms with van der Waals surface area (Å²) in [6.45, 7) is 0.0992. The van der Waals surface area contributed by atoms with E-state index in [4.69, 9.17) is 38.6 Å². The van der Waals surface area contributed by atoms with Gasteiger partial charge in [0.15, 0.2) is 0 Å². The van der Waals surface area contributed by atoms with Crippen LogP contribution in [0.25, 0.3) is 10.8 Å². The van der Waals surface area contributed by atoms with Crippen LogP contribution in [0.5, 0.6) is 5.75 Å². The summed E-state index contributed by atoms with van der Waals surface area (Å²) in [5, 5.41) is 1.46.